The number of nitrogens with one attached hydrogen (secondary N) is 2. The number of carbonyl (C=O) groups is 1. The first-order valence-electron chi connectivity index (χ1n) is 5.63. The van der Waals surface area contributed by atoms with Crippen molar-refractivity contribution in [1.29, 1.82) is 0 Å². The van der Waals surface area contributed by atoms with Crippen LogP contribution in [0.3, 0.4) is 0 Å². The Morgan fingerprint density at radius 1 is 1.43 bits per heavy atom. The summed E-state index contributed by atoms with van der Waals surface area (Å²) in [4.78, 5) is 15.6. The van der Waals surface area contributed by atoms with Gasteiger partial charge in [0.2, 0.25) is 0 Å². The molecule has 1 heterocycles. The summed E-state index contributed by atoms with van der Waals surface area (Å²) in [6.45, 7) is 0.0968. The maximum absolute atomic E-state index is 12.1. The number of amides is 1. The molecule has 0 fully saturated rings. The lowest BCUT2D eigenvalue weighted by molar-refractivity contribution is -0.274. The second-order valence-electron chi connectivity index (χ2n) is 3.92. The van der Waals surface area contributed by atoms with E-state index in [1.807, 2.05) is 0 Å². The minimum atomic E-state index is -4.84. The van der Waals surface area contributed by atoms with Crippen LogP contribution in [0.4, 0.5) is 18.9 Å². The van der Waals surface area contributed by atoms with Gasteiger partial charge in [-0.25, -0.2) is 4.98 Å². The Balaban J connectivity index is 2.03. The van der Waals surface area contributed by atoms with Crippen LogP contribution in [0.15, 0.2) is 24.5 Å². The molecule has 2 aromatic rings. The van der Waals surface area contributed by atoms with Crippen molar-refractivity contribution in [3.63, 3.8) is 0 Å². The topological polar surface area (TPSA) is 106 Å². The first-order valence-corrected chi connectivity index (χ1v) is 5.63. The number of hydrogen-bond acceptors (Lipinski definition) is 5. The van der Waals surface area contributed by atoms with Gasteiger partial charge in [0.05, 0.1) is 12.2 Å². The largest absolute Gasteiger partial charge is 0.573 e. The van der Waals surface area contributed by atoms with E-state index >= 15 is 0 Å². The van der Waals surface area contributed by atoms with Crippen molar-refractivity contribution in [2.24, 2.45) is 0 Å². The predicted molar refractivity (Wildman–Crippen MR) is 65.1 cm³/mol. The molecule has 0 aliphatic carbocycles. The molecular formula is C11H10F3N5O2. The average molecular weight is 301 g/mol. The van der Waals surface area contributed by atoms with Crippen molar-refractivity contribution < 1.29 is 22.7 Å². The summed E-state index contributed by atoms with van der Waals surface area (Å²) in [5, 5.41) is 8.65. The van der Waals surface area contributed by atoms with E-state index in [1.54, 1.807) is 0 Å². The maximum atomic E-state index is 12.1. The average Bonchev–Trinajstić information content (AvgIpc) is 2.90. The zero-order valence-electron chi connectivity index (χ0n) is 10.4. The molecule has 0 saturated carbocycles. The lowest BCUT2D eigenvalue weighted by Crippen LogP contribution is -2.24. The number of aromatic amines is 1. The highest BCUT2D eigenvalue weighted by atomic mass is 19.4. The number of nitrogen functional groups attached to an aromatic ring is 1. The number of carbonyl (C=O) groups excluding carboxylic acids is 1. The van der Waals surface area contributed by atoms with Gasteiger partial charge in [-0.15, -0.1) is 13.2 Å². The number of halogens is 3. The highest BCUT2D eigenvalue weighted by Crippen LogP contribution is 2.28. The zero-order chi connectivity index (χ0) is 15.5. The van der Waals surface area contributed by atoms with Gasteiger partial charge in [0.25, 0.3) is 5.91 Å². The van der Waals surface area contributed by atoms with Gasteiger partial charge in [0.1, 0.15) is 12.2 Å². The molecule has 0 aliphatic rings. The van der Waals surface area contributed by atoms with E-state index in [0.717, 1.165) is 12.1 Å². The third-order valence-electron chi connectivity index (χ3n) is 2.38. The summed E-state index contributed by atoms with van der Waals surface area (Å²) in [5.41, 5.74) is 5.23. The Morgan fingerprint density at radius 3 is 2.76 bits per heavy atom. The van der Waals surface area contributed by atoms with Crippen LogP contribution >= 0.6 is 0 Å². The summed E-state index contributed by atoms with van der Waals surface area (Å²) in [7, 11) is 0. The highest BCUT2D eigenvalue weighted by Gasteiger charge is 2.32. The summed E-state index contributed by atoms with van der Waals surface area (Å²) in [6, 6.07) is 3.25. The van der Waals surface area contributed by atoms with Gasteiger partial charge in [-0.3, -0.25) is 9.89 Å². The van der Waals surface area contributed by atoms with Crippen molar-refractivity contribution in [2.75, 3.05) is 5.73 Å². The van der Waals surface area contributed by atoms with Crippen LogP contribution in [-0.4, -0.2) is 27.5 Å². The Labute approximate surface area is 116 Å². The molecule has 4 N–H and O–H groups in total. The van der Waals surface area contributed by atoms with Gasteiger partial charge in [-0.05, 0) is 18.2 Å². The molecule has 7 nitrogen and oxygen atoms in total. The lowest BCUT2D eigenvalue weighted by Gasteiger charge is -2.12. The van der Waals surface area contributed by atoms with Crippen LogP contribution in [0.5, 0.6) is 5.75 Å². The molecule has 0 bridgehead atoms. The fourth-order valence-electron chi connectivity index (χ4n) is 1.49. The van der Waals surface area contributed by atoms with Crippen LogP contribution in [0.25, 0.3) is 0 Å². The predicted octanol–water partition coefficient (Wildman–Crippen LogP) is 1.22. The molecule has 2 rings (SSSR count). The van der Waals surface area contributed by atoms with Crippen molar-refractivity contribution in [3.8, 4) is 5.75 Å². The Hall–Kier alpha value is -2.78. The monoisotopic (exact) mass is 301 g/mol. The molecule has 0 unspecified atom stereocenters. The SMILES string of the molecule is Nc1cc(C(=O)NCc2ncn[nH]2)ccc1OC(F)(F)F. The lowest BCUT2D eigenvalue weighted by atomic mass is 10.2. The van der Waals surface area contributed by atoms with Crippen molar-refractivity contribution in [3.05, 3.63) is 35.9 Å². The third kappa shape index (κ3) is 4.09. The number of anilines is 1. The third-order valence-corrected chi connectivity index (χ3v) is 2.38. The smallest absolute Gasteiger partial charge is 0.404 e. The first-order chi connectivity index (χ1) is 9.85. The number of alkyl halides is 3. The summed E-state index contributed by atoms with van der Waals surface area (Å²) >= 11 is 0. The molecule has 1 aromatic heterocycles. The van der Waals surface area contributed by atoms with Crippen LogP contribution in [-0.2, 0) is 6.54 Å². The van der Waals surface area contributed by atoms with Crippen LogP contribution in [0.2, 0.25) is 0 Å². The van der Waals surface area contributed by atoms with Gasteiger partial charge in [-0.1, -0.05) is 0 Å². The summed E-state index contributed by atoms with van der Waals surface area (Å²) in [6.07, 6.45) is -3.56. The minimum Gasteiger partial charge on any atom is -0.404 e. The highest BCUT2D eigenvalue weighted by molar-refractivity contribution is 5.95. The number of rotatable bonds is 4. The second kappa shape index (κ2) is 5.69. The van der Waals surface area contributed by atoms with Crippen LogP contribution < -0.4 is 15.8 Å². The number of hydrogen-bond donors (Lipinski definition) is 3. The van der Waals surface area contributed by atoms with E-state index in [0.29, 0.717) is 5.82 Å². The molecule has 0 radical (unpaired) electrons. The Morgan fingerprint density at radius 2 is 2.19 bits per heavy atom. The number of nitrogens with two attached hydrogens (primary N) is 1. The Bertz CT molecular complexity index is 627. The van der Waals surface area contributed by atoms with Crippen LogP contribution in [0, 0.1) is 0 Å². The molecule has 21 heavy (non-hydrogen) atoms. The summed E-state index contributed by atoms with van der Waals surface area (Å²) < 4.78 is 40.0. The Kier molecular flexibility index (Phi) is 3.96. The van der Waals surface area contributed by atoms with Crippen LogP contribution in [0.1, 0.15) is 16.2 Å². The molecule has 0 spiro atoms. The molecule has 1 amide bonds. The molecule has 10 heteroatoms. The van der Waals surface area contributed by atoms with Gasteiger partial charge in [-0.2, -0.15) is 5.10 Å². The fraction of sp³-hybridized carbons (Fsp3) is 0.182. The molecular weight excluding hydrogens is 291 g/mol. The van der Waals surface area contributed by atoms with E-state index in [-0.39, 0.29) is 17.8 Å². The van der Waals surface area contributed by atoms with Gasteiger partial charge in [0.15, 0.2) is 5.75 Å². The quantitative estimate of drug-likeness (QED) is 0.736. The van der Waals surface area contributed by atoms with Crippen molar-refractivity contribution in [2.45, 2.75) is 12.9 Å². The van der Waals surface area contributed by atoms with Crippen molar-refractivity contribution in [1.82, 2.24) is 20.5 Å². The number of aromatic nitrogens is 3. The van der Waals surface area contributed by atoms with E-state index in [1.165, 1.54) is 12.4 Å². The number of ether oxygens (including phenoxy) is 1. The first kappa shape index (κ1) is 14.6. The second-order valence-corrected chi connectivity index (χ2v) is 3.92. The van der Waals surface area contributed by atoms with E-state index in [4.69, 9.17) is 5.73 Å². The number of H-pyrrole nitrogens is 1. The van der Waals surface area contributed by atoms with E-state index < -0.39 is 18.0 Å². The zero-order valence-corrected chi connectivity index (χ0v) is 10.4. The number of benzene rings is 1. The van der Waals surface area contributed by atoms with E-state index in [2.05, 4.69) is 25.2 Å². The van der Waals surface area contributed by atoms with Gasteiger partial charge < -0.3 is 15.8 Å². The maximum Gasteiger partial charge on any atom is 0.573 e. The summed E-state index contributed by atoms with van der Waals surface area (Å²) in [5.74, 6) is -0.640. The molecule has 0 aliphatic heterocycles. The minimum absolute atomic E-state index is 0.0968. The van der Waals surface area contributed by atoms with E-state index in [9.17, 15) is 18.0 Å². The molecule has 1 aromatic carbocycles. The number of nitrogens with zero attached hydrogens (tertiary/aromatic N) is 2. The molecule has 0 atom stereocenters. The normalized spacial score (nSPS) is 11.2. The van der Waals surface area contributed by atoms with Crippen molar-refractivity contribution >= 4 is 11.6 Å². The van der Waals surface area contributed by atoms with Gasteiger partial charge in [0, 0.05) is 5.56 Å². The molecule has 112 valence electrons. The standard InChI is InChI=1S/C11H10F3N5O2/c12-11(13,14)21-8-2-1-6(3-7(8)15)10(20)16-4-9-17-5-18-19-9/h1-3,5H,4,15H2,(H,16,20)(H,17,18,19). The fourth-order valence-corrected chi connectivity index (χ4v) is 1.49. The van der Waals surface area contributed by atoms with Gasteiger partial charge >= 0.3 is 6.36 Å². The molecule has 0 saturated heterocycles.